The number of phenols is 1. The van der Waals surface area contributed by atoms with E-state index in [-0.39, 0.29) is 18.3 Å². The molecule has 2 aromatic carbocycles. The van der Waals surface area contributed by atoms with E-state index < -0.39 is 0 Å². The molecule has 23 heavy (non-hydrogen) atoms. The van der Waals surface area contributed by atoms with E-state index in [9.17, 15) is 4.79 Å². The standard InChI is InChI=1S/C17H17BrN2O3/c1-2-12-5-8-16(15(18)9-12)23-11-17(22)20-19-10-13-3-6-14(21)7-4-13/h3-10,21H,2,11H2,1H3,(H,20,22)/b19-10+. The Hall–Kier alpha value is -2.34. The molecule has 0 spiro atoms. The van der Waals surface area contributed by atoms with Crippen molar-refractivity contribution < 1.29 is 14.6 Å². The van der Waals surface area contributed by atoms with Crippen molar-refractivity contribution in [2.24, 2.45) is 5.10 Å². The summed E-state index contributed by atoms with van der Waals surface area (Å²) in [6, 6.07) is 12.2. The van der Waals surface area contributed by atoms with Gasteiger partial charge in [0.15, 0.2) is 6.61 Å². The van der Waals surface area contributed by atoms with Gasteiger partial charge in [-0.25, -0.2) is 5.43 Å². The lowest BCUT2D eigenvalue weighted by Crippen LogP contribution is -2.24. The summed E-state index contributed by atoms with van der Waals surface area (Å²) < 4.78 is 6.27. The molecule has 0 saturated heterocycles. The smallest absolute Gasteiger partial charge is 0.277 e. The zero-order chi connectivity index (χ0) is 16.7. The Kier molecular flexibility index (Phi) is 6.17. The van der Waals surface area contributed by atoms with Crippen LogP contribution in [0, 0.1) is 0 Å². The Balaban J connectivity index is 1.82. The molecule has 0 heterocycles. The van der Waals surface area contributed by atoms with Crippen molar-refractivity contribution in [2.75, 3.05) is 6.61 Å². The monoisotopic (exact) mass is 376 g/mol. The van der Waals surface area contributed by atoms with Crippen LogP contribution < -0.4 is 10.2 Å². The summed E-state index contributed by atoms with van der Waals surface area (Å²) in [5, 5.41) is 13.0. The molecule has 0 fully saturated rings. The maximum Gasteiger partial charge on any atom is 0.277 e. The average molecular weight is 377 g/mol. The molecule has 0 aromatic heterocycles. The van der Waals surface area contributed by atoms with E-state index in [1.54, 1.807) is 24.3 Å². The minimum absolute atomic E-state index is 0.128. The number of ether oxygens (including phenoxy) is 1. The fraction of sp³-hybridized carbons (Fsp3) is 0.176. The number of benzene rings is 2. The van der Waals surface area contributed by atoms with Gasteiger partial charge in [-0.15, -0.1) is 0 Å². The molecule has 0 radical (unpaired) electrons. The highest BCUT2D eigenvalue weighted by atomic mass is 79.9. The van der Waals surface area contributed by atoms with E-state index >= 15 is 0 Å². The van der Waals surface area contributed by atoms with E-state index in [0.717, 1.165) is 16.5 Å². The summed E-state index contributed by atoms with van der Waals surface area (Å²) in [6.07, 6.45) is 2.43. The van der Waals surface area contributed by atoms with Crippen molar-refractivity contribution in [3.63, 3.8) is 0 Å². The minimum atomic E-state index is -0.355. The van der Waals surface area contributed by atoms with Crippen LogP contribution in [0.3, 0.4) is 0 Å². The number of carbonyl (C=O) groups excluding carboxylic acids is 1. The van der Waals surface area contributed by atoms with Crippen molar-refractivity contribution >= 4 is 28.1 Å². The highest BCUT2D eigenvalue weighted by Crippen LogP contribution is 2.26. The fourth-order valence-corrected chi connectivity index (χ4v) is 2.34. The molecule has 0 saturated carbocycles. The molecule has 0 atom stereocenters. The molecule has 120 valence electrons. The lowest BCUT2D eigenvalue weighted by atomic mass is 10.2. The molecular weight excluding hydrogens is 360 g/mol. The van der Waals surface area contributed by atoms with Crippen LogP contribution in [0.15, 0.2) is 52.0 Å². The third-order valence-corrected chi connectivity index (χ3v) is 3.68. The fourth-order valence-electron chi connectivity index (χ4n) is 1.80. The van der Waals surface area contributed by atoms with Gasteiger partial charge in [0.2, 0.25) is 0 Å². The van der Waals surface area contributed by atoms with Gasteiger partial charge in [0.25, 0.3) is 5.91 Å². The van der Waals surface area contributed by atoms with Crippen molar-refractivity contribution in [3.8, 4) is 11.5 Å². The lowest BCUT2D eigenvalue weighted by Gasteiger charge is -2.08. The number of carbonyl (C=O) groups is 1. The van der Waals surface area contributed by atoms with Crippen LogP contribution in [0.5, 0.6) is 11.5 Å². The van der Waals surface area contributed by atoms with E-state index in [4.69, 9.17) is 9.84 Å². The number of amides is 1. The first kappa shape index (κ1) is 17.0. The summed E-state index contributed by atoms with van der Waals surface area (Å²) in [4.78, 5) is 11.7. The van der Waals surface area contributed by atoms with E-state index in [1.165, 1.54) is 11.8 Å². The maximum atomic E-state index is 11.7. The third kappa shape index (κ3) is 5.41. The minimum Gasteiger partial charge on any atom is -0.508 e. The molecule has 2 aromatic rings. The van der Waals surface area contributed by atoms with Crippen molar-refractivity contribution in [1.82, 2.24) is 5.43 Å². The Bertz CT molecular complexity index is 699. The molecule has 1 amide bonds. The number of hydrogen-bond acceptors (Lipinski definition) is 4. The van der Waals surface area contributed by atoms with Crippen LogP contribution in [-0.4, -0.2) is 23.8 Å². The van der Waals surface area contributed by atoms with E-state index in [1.807, 2.05) is 18.2 Å². The van der Waals surface area contributed by atoms with Crippen LogP contribution in [0.4, 0.5) is 0 Å². The number of halogens is 1. The summed E-state index contributed by atoms with van der Waals surface area (Å²) >= 11 is 3.42. The van der Waals surface area contributed by atoms with Gasteiger partial charge in [-0.3, -0.25) is 4.79 Å². The van der Waals surface area contributed by atoms with E-state index in [0.29, 0.717) is 5.75 Å². The number of phenolic OH excluding ortho intramolecular Hbond substituents is 1. The van der Waals surface area contributed by atoms with E-state index in [2.05, 4.69) is 33.4 Å². The molecule has 2 N–H and O–H groups in total. The van der Waals surface area contributed by atoms with Crippen LogP contribution >= 0.6 is 15.9 Å². The van der Waals surface area contributed by atoms with Crippen LogP contribution in [0.2, 0.25) is 0 Å². The molecule has 0 unspecified atom stereocenters. The Morgan fingerprint density at radius 2 is 2.04 bits per heavy atom. The molecule has 0 aliphatic heterocycles. The van der Waals surface area contributed by atoms with Crippen LogP contribution in [0.1, 0.15) is 18.1 Å². The highest BCUT2D eigenvalue weighted by molar-refractivity contribution is 9.10. The Morgan fingerprint density at radius 3 is 2.70 bits per heavy atom. The Morgan fingerprint density at radius 1 is 1.30 bits per heavy atom. The number of rotatable bonds is 6. The zero-order valence-electron chi connectivity index (χ0n) is 12.6. The number of hydrazone groups is 1. The maximum absolute atomic E-state index is 11.7. The second-order valence-corrected chi connectivity index (χ2v) is 5.65. The number of aryl methyl sites for hydroxylation is 1. The van der Waals surface area contributed by atoms with Crippen molar-refractivity contribution in [2.45, 2.75) is 13.3 Å². The second kappa shape index (κ2) is 8.33. The third-order valence-electron chi connectivity index (χ3n) is 3.06. The van der Waals surface area contributed by atoms with Gasteiger partial charge in [0.1, 0.15) is 11.5 Å². The lowest BCUT2D eigenvalue weighted by molar-refractivity contribution is -0.123. The topological polar surface area (TPSA) is 70.9 Å². The zero-order valence-corrected chi connectivity index (χ0v) is 14.2. The van der Waals surface area contributed by atoms with Crippen molar-refractivity contribution in [3.05, 3.63) is 58.1 Å². The summed E-state index contributed by atoms with van der Waals surface area (Å²) in [5.74, 6) is 0.436. The summed E-state index contributed by atoms with van der Waals surface area (Å²) in [5.41, 5.74) is 4.34. The quantitative estimate of drug-likeness (QED) is 0.600. The first-order valence-corrected chi connectivity index (χ1v) is 7.90. The Labute approximate surface area is 143 Å². The number of aromatic hydroxyl groups is 1. The molecule has 6 heteroatoms. The van der Waals surface area contributed by atoms with Crippen LogP contribution in [0.25, 0.3) is 0 Å². The molecule has 0 aliphatic carbocycles. The normalized spacial score (nSPS) is 10.7. The summed E-state index contributed by atoms with van der Waals surface area (Å²) in [6.45, 7) is 1.94. The molecule has 0 aliphatic rings. The average Bonchev–Trinajstić information content (AvgIpc) is 2.55. The van der Waals surface area contributed by atoms with Gasteiger partial charge in [-0.1, -0.05) is 13.0 Å². The largest absolute Gasteiger partial charge is 0.508 e. The van der Waals surface area contributed by atoms with Crippen molar-refractivity contribution in [1.29, 1.82) is 0 Å². The van der Waals surface area contributed by atoms with Gasteiger partial charge in [0, 0.05) is 0 Å². The van der Waals surface area contributed by atoms with Gasteiger partial charge < -0.3 is 9.84 Å². The molecule has 0 bridgehead atoms. The van der Waals surface area contributed by atoms with Gasteiger partial charge >= 0.3 is 0 Å². The molecular formula is C17H17BrN2O3. The number of nitrogens with zero attached hydrogens (tertiary/aromatic N) is 1. The van der Waals surface area contributed by atoms with Gasteiger partial charge in [-0.2, -0.15) is 5.10 Å². The van der Waals surface area contributed by atoms with Gasteiger partial charge in [0.05, 0.1) is 10.7 Å². The second-order valence-electron chi connectivity index (χ2n) is 4.79. The molecule has 5 nitrogen and oxygen atoms in total. The summed E-state index contributed by atoms with van der Waals surface area (Å²) in [7, 11) is 0. The highest BCUT2D eigenvalue weighted by Gasteiger charge is 2.05. The predicted molar refractivity (Wildman–Crippen MR) is 92.9 cm³/mol. The van der Waals surface area contributed by atoms with Gasteiger partial charge in [-0.05, 0) is 69.9 Å². The predicted octanol–water partition coefficient (Wildman–Crippen LogP) is 3.25. The number of nitrogens with one attached hydrogen (secondary N) is 1. The SMILES string of the molecule is CCc1ccc(OCC(=O)N/N=C/c2ccc(O)cc2)c(Br)c1. The number of hydrogen-bond donors (Lipinski definition) is 2. The first-order valence-electron chi connectivity index (χ1n) is 7.10. The molecule has 2 rings (SSSR count). The van der Waals surface area contributed by atoms with Crippen LogP contribution in [-0.2, 0) is 11.2 Å². The first-order chi connectivity index (χ1) is 11.1.